The molecule has 2 aromatic carbocycles. The van der Waals surface area contributed by atoms with E-state index in [1.54, 1.807) is 12.1 Å². The molecule has 164 valence electrons. The van der Waals surface area contributed by atoms with Gasteiger partial charge in [0.05, 0.1) is 11.0 Å². The molecule has 1 heterocycles. The second-order valence-corrected chi connectivity index (χ2v) is 9.14. The van der Waals surface area contributed by atoms with E-state index in [-0.39, 0.29) is 11.5 Å². The lowest BCUT2D eigenvalue weighted by Gasteiger charge is -2.20. The van der Waals surface area contributed by atoms with Crippen LogP contribution in [0.4, 0.5) is 0 Å². The van der Waals surface area contributed by atoms with E-state index < -0.39 is 33.8 Å². The van der Waals surface area contributed by atoms with Crippen molar-refractivity contribution in [2.24, 2.45) is 0 Å². The molecule has 0 amide bonds. The number of carbonyl (C=O) groups is 1. The summed E-state index contributed by atoms with van der Waals surface area (Å²) in [7, 11) is -4.13. The summed E-state index contributed by atoms with van der Waals surface area (Å²) in [6.07, 6.45) is -1.38. The van der Waals surface area contributed by atoms with Crippen molar-refractivity contribution in [1.82, 2.24) is 4.72 Å². The van der Waals surface area contributed by atoms with E-state index in [9.17, 15) is 23.1 Å². The summed E-state index contributed by atoms with van der Waals surface area (Å²) in [6.45, 7) is 2.79. The van der Waals surface area contributed by atoms with Gasteiger partial charge in [0.2, 0.25) is 10.0 Å². The van der Waals surface area contributed by atoms with E-state index in [2.05, 4.69) is 4.72 Å². The smallest absolute Gasteiger partial charge is 0.336 e. The van der Waals surface area contributed by atoms with Crippen LogP contribution in [0.15, 0.2) is 62.6 Å². The van der Waals surface area contributed by atoms with Crippen LogP contribution in [0, 0.1) is 6.92 Å². The predicted molar refractivity (Wildman–Crippen MR) is 114 cm³/mol. The molecule has 0 bridgehead atoms. The third-order valence-corrected chi connectivity index (χ3v) is 6.21. The van der Waals surface area contributed by atoms with E-state index in [1.165, 1.54) is 37.3 Å². The van der Waals surface area contributed by atoms with Crippen LogP contribution in [0.25, 0.3) is 11.0 Å². The standard InChI is InChI=1S/C21H20ClNO7S/c1-12-3-8-17-14(10-19(25)30-18(17)9-12)11-29-21(26)20(13(2)24)23-31(27,28)16-6-4-15(22)5-7-16/h3-10,13,20,23-24H,11H2,1-2H3/t13-,20-/m1/s1. The minimum Gasteiger partial charge on any atom is -0.460 e. The normalized spacial score (nSPS) is 13.7. The first-order chi connectivity index (χ1) is 14.6. The van der Waals surface area contributed by atoms with Crippen molar-refractivity contribution in [1.29, 1.82) is 0 Å². The molecule has 0 spiro atoms. The van der Waals surface area contributed by atoms with Crippen LogP contribution in [-0.4, -0.2) is 31.6 Å². The molecule has 3 rings (SSSR count). The highest BCUT2D eigenvalue weighted by molar-refractivity contribution is 7.89. The molecule has 0 fully saturated rings. The van der Waals surface area contributed by atoms with Crippen molar-refractivity contribution in [2.45, 2.75) is 37.5 Å². The molecule has 2 N–H and O–H groups in total. The number of esters is 1. The molecule has 10 heteroatoms. The Morgan fingerprint density at radius 3 is 2.52 bits per heavy atom. The SMILES string of the molecule is Cc1ccc2c(COC(=O)[C@H](NS(=O)(=O)c3ccc(Cl)cc3)[C@@H](C)O)cc(=O)oc2c1. The average Bonchev–Trinajstić information content (AvgIpc) is 2.69. The Hall–Kier alpha value is -2.72. The number of hydrogen-bond donors (Lipinski definition) is 2. The van der Waals surface area contributed by atoms with Gasteiger partial charge in [0.1, 0.15) is 18.2 Å². The molecule has 31 heavy (non-hydrogen) atoms. The van der Waals surface area contributed by atoms with E-state index >= 15 is 0 Å². The Balaban J connectivity index is 1.80. The molecule has 2 atom stereocenters. The fourth-order valence-electron chi connectivity index (χ4n) is 2.89. The Bertz CT molecular complexity index is 1270. The number of benzene rings is 2. The zero-order valence-electron chi connectivity index (χ0n) is 16.7. The number of sulfonamides is 1. The van der Waals surface area contributed by atoms with Gasteiger partial charge in [0.15, 0.2) is 0 Å². The van der Waals surface area contributed by atoms with Gasteiger partial charge in [-0.25, -0.2) is 13.2 Å². The quantitative estimate of drug-likeness (QED) is 0.406. The Morgan fingerprint density at radius 1 is 1.19 bits per heavy atom. The lowest BCUT2D eigenvalue weighted by Crippen LogP contribution is -2.48. The average molecular weight is 466 g/mol. The van der Waals surface area contributed by atoms with Crippen LogP contribution in [-0.2, 0) is 26.2 Å². The highest BCUT2D eigenvalue weighted by Gasteiger charge is 2.31. The number of carbonyl (C=O) groups excluding carboxylic acids is 1. The number of ether oxygens (including phenoxy) is 1. The zero-order valence-corrected chi connectivity index (χ0v) is 18.2. The van der Waals surface area contributed by atoms with Gasteiger partial charge in [-0.05, 0) is 49.7 Å². The number of fused-ring (bicyclic) bond motifs is 1. The van der Waals surface area contributed by atoms with E-state index in [4.69, 9.17) is 20.8 Å². The third kappa shape index (κ3) is 5.50. The van der Waals surface area contributed by atoms with Crippen LogP contribution in [0.2, 0.25) is 5.02 Å². The zero-order chi connectivity index (χ0) is 22.8. The number of aliphatic hydroxyl groups excluding tert-OH is 1. The highest BCUT2D eigenvalue weighted by Crippen LogP contribution is 2.20. The van der Waals surface area contributed by atoms with Crippen molar-refractivity contribution >= 4 is 38.6 Å². The summed E-state index contributed by atoms with van der Waals surface area (Å²) < 4.78 is 37.6. The number of nitrogens with one attached hydrogen (secondary N) is 1. The maximum atomic E-state index is 12.6. The predicted octanol–water partition coefficient (Wildman–Crippen LogP) is 2.53. The van der Waals surface area contributed by atoms with Crippen LogP contribution in [0.1, 0.15) is 18.1 Å². The van der Waals surface area contributed by atoms with Crippen molar-refractivity contribution < 1.29 is 27.5 Å². The largest absolute Gasteiger partial charge is 0.460 e. The number of aliphatic hydroxyl groups is 1. The molecule has 3 aromatic rings. The summed E-state index contributed by atoms with van der Waals surface area (Å²) in [6, 6.07) is 10.2. The summed E-state index contributed by atoms with van der Waals surface area (Å²) in [4.78, 5) is 24.3. The molecule has 0 saturated carbocycles. The lowest BCUT2D eigenvalue weighted by molar-refractivity contribution is -0.149. The van der Waals surface area contributed by atoms with Crippen LogP contribution >= 0.6 is 11.6 Å². The first-order valence-electron chi connectivity index (χ1n) is 9.23. The Morgan fingerprint density at radius 2 is 1.87 bits per heavy atom. The van der Waals surface area contributed by atoms with Crippen molar-refractivity contribution in [3.05, 3.63) is 75.1 Å². The highest BCUT2D eigenvalue weighted by atomic mass is 35.5. The monoisotopic (exact) mass is 465 g/mol. The Labute approximate surface area is 183 Å². The molecule has 0 aliphatic rings. The fourth-order valence-corrected chi connectivity index (χ4v) is 4.27. The van der Waals surface area contributed by atoms with Crippen LogP contribution < -0.4 is 10.3 Å². The van der Waals surface area contributed by atoms with Crippen molar-refractivity contribution in [3.8, 4) is 0 Å². The Kier molecular flexibility index (Phi) is 6.80. The van der Waals surface area contributed by atoms with Gasteiger partial charge in [-0.15, -0.1) is 0 Å². The van der Waals surface area contributed by atoms with Gasteiger partial charge in [0, 0.05) is 22.0 Å². The van der Waals surface area contributed by atoms with E-state index in [1.807, 2.05) is 13.0 Å². The maximum absolute atomic E-state index is 12.6. The molecule has 0 unspecified atom stereocenters. The molecule has 8 nitrogen and oxygen atoms in total. The minimum absolute atomic E-state index is 0.127. The number of halogens is 1. The third-order valence-electron chi connectivity index (χ3n) is 4.50. The lowest BCUT2D eigenvalue weighted by atomic mass is 10.1. The van der Waals surface area contributed by atoms with Gasteiger partial charge >= 0.3 is 11.6 Å². The van der Waals surface area contributed by atoms with Gasteiger partial charge in [0.25, 0.3) is 0 Å². The second-order valence-electron chi connectivity index (χ2n) is 6.99. The molecular formula is C21H20ClNO7S. The fraction of sp³-hybridized carbons (Fsp3) is 0.238. The van der Waals surface area contributed by atoms with Crippen LogP contribution in [0.5, 0.6) is 0 Å². The van der Waals surface area contributed by atoms with E-state index in [0.29, 0.717) is 21.6 Å². The molecule has 0 radical (unpaired) electrons. The van der Waals surface area contributed by atoms with Gasteiger partial charge in [-0.3, -0.25) is 4.79 Å². The van der Waals surface area contributed by atoms with Gasteiger partial charge in [-0.2, -0.15) is 4.72 Å². The first-order valence-corrected chi connectivity index (χ1v) is 11.1. The summed E-state index contributed by atoms with van der Waals surface area (Å²) in [5.74, 6) is -0.999. The number of aryl methyl sites for hydroxylation is 1. The summed E-state index contributed by atoms with van der Waals surface area (Å²) in [5.41, 5.74) is 1.01. The van der Waals surface area contributed by atoms with E-state index in [0.717, 1.165) is 5.56 Å². The molecule has 0 aliphatic heterocycles. The van der Waals surface area contributed by atoms with Crippen molar-refractivity contribution in [2.75, 3.05) is 0 Å². The molecule has 0 saturated heterocycles. The maximum Gasteiger partial charge on any atom is 0.336 e. The molecule has 1 aromatic heterocycles. The second kappa shape index (κ2) is 9.19. The molecule has 0 aliphatic carbocycles. The molecular weight excluding hydrogens is 446 g/mol. The van der Waals surface area contributed by atoms with Gasteiger partial charge < -0.3 is 14.3 Å². The van der Waals surface area contributed by atoms with Crippen molar-refractivity contribution in [3.63, 3.8) is 0 Å². The summed E-state index contributed by atoms with van der Waals surface area (Å²) >= 11 is 5.77. The van der Waals surface area contributed by atoms with Crippen LogP contribution in [0.3, 0.4) is 0 Å². The number of hydrogen-bond acceptors (Lipinski definition) is 7. The summed E-state index contributed by atoms with van der Waals surface area (Å²) in [5, 5.41) is 10.9. The number of rotatable bonds is 7. The minimum atomic E-state index is -4.13. The topological polar surface area (TPSA) is 123 Å². The van der Waals surface area contributed by atoms with Gasteiger partial charge in [-0.1, -0.05) is 23.7 Å². The first kappa shape index (κ1) is 23.0.